The smallest absolute Gasteiger partial charge is 0.203 e. The van der Waals surface area contributed by atoms with Crippen LogP contribution in [0.5, 0.6) is 28.7 Å². The van der Waals surface area contributed by atoms with E-state index >= 15 is 0 Å². The Morgan fingerprint density at radius 3 is 2.11 bits per heavy atom. The van der Waals surface area contributed by atoms with E-state index in [1.807, 2.05) is 12.1 Å². The van der Waals surface area contributed by atoms with Crippen molar-refractivity contribution in [3.05, 3.63) is 46.5 Å². The first kappa shape index (κ1) is 19.6. The highest BCUT2D eigenvalue weighted by Gasteiger charge is 2.22. The maximum Gasteiger partial charge on any atom is 0.203 e. The normalized spacial score (nSPS) is 13.1. The molecule has 1 N–H and O–H groups in total. The van der Waals surface area contributed by atoms with Gasteiger partial charge < -0.3 is 24.1 Å². The van der Waals surface area contributed by atoms with Gasteiger partial charge in [0.1, 0.15) is 0 Å². The number of ether oxygens (including phenoxy) is 4. The van der Waals surface area contributed by atoms with E-state index < -0.39 is 0 Å². The molecule has 0 unspecified atom stereocenters. The Kier molecular flexibility index (Phi) is 5.78. The fraction of sp³-hybridized carbons (Fsp3) is 0.318. The number of benzene rings is 2. The number of ketones is 1. The predicted octanol–water partition coefficient (Wildman–Crippen LogP) is 4.03. The van der Waals surface area contributed by atoms with Crippen LogP contribution in [-0.4, -0.2) is 39.3 Å². The summed E-state index contributed by atoms with van der Waals surface area (Å²) in [6.07, 6.45) is 3.86. The second kappa shape index (κ2) is 8.25. The topological polar surface area (TPSA) is 74.2 Å². The van der Waals surface area contributed by atoms with Gasteiger partial charge in [-0.2, -0.15) is 0 Å². The number of aromatic hydroxyl groups is 1. The van der Waals surface area contributed by atoms with Gasteiger partial charge in [-0.05, 0) is 49.1 Å². The Morgan fingerprint density at radius 2 is 1.54 bits per heavy atom. The molecule has 0 saturated heterocycles. The van der Waals surface area contributed by atoms with Crippen LogP contribution in [0.1, 0.15) is 34.3 Å². The number of phenolic OH excluding ortho intramolecular Hbond substituents is 1. The van der Waals surface area contributed by atoms with Crippen LogP contribution in [0.25, 0.3) is 6.08 Å². The SMILES string of the molecule is COc1ccc2c(c1O)CCCC(C(=O)c1cc(OC)c(OC)c(OC)c1)=C2. The average Bonchev–Trinajstić information content (AvgIpc) is 2.95. The van der Waals surface area contributed by atoms with E-state index in [9.17, 15) is 9.90 Å². The number of carbonyl (C=O) groups excluding carboxylic acids is 1. The van der Waals surface area contributed by atoms with Crippen LogP contribution >= 0.6 is 0 Å². The monoisotopic (exact) mass is 384 g/mol. The van der Waals surface area contributed by atoms with Crippen LogP contribution in [-0.2, 0) is 6.42 Å². The number of Topliss-reactive ketones (excluding diaryl/α,β-unsaturated/α-hetero) is 1. The van der Waals surface area contributed by atoms with Gasteiger partial charge in [0, 0.05) is 16.7 Å². The predicted molar refractivity (Wildman–Crippen MR) is 106 cm³/mol. The molecule has 6 nitrogen and oxygen atoms in total. The van der Waals surface area contributed by atoms with E-state index in [-0.39, 0.29) is 11.5 Å². The largest absolute Gasteiger partial charge is 0.504 e. The molecule has 0 saturated carbocycles. The second-order valence-corrected chi connectivity index (χ2v) is 6.45. The Labute approximate surface area is 164 Å². The van der Waals surface area contributed by atoms with E-state index in [1.54, 1.807) is 18.2 Å². The van der Waals surface area contributed by atoms with Gasteiger partial charge in [-0.3, -0.25) is 4.79 Å². The van der Waals surface area contributed by atoms with Gasteiger partial charge in [-0.1, -0.05) is 6.07 Å². The van der Waals surface area contributed by atoms with Crippen LogP contribution in [0.3, 0.4) is 0 Å². The molecule has 3 rings (SSSR count). The standard InChI is InChI=1S/C22H24O6/c1-25-17-9-8-13-10-14(6-5-7-16(13)21(17)24)20(23)15-11-18(26-2)22(28-4)19(12-15)27-3/h8-12,24H,5-7H2,1-4H3. The van der Waals surface area contributed by atoms with E-state index in [2.05, 4.69) is 0 Å². The molecular weight excluding hydrogens is 360 g/mol. The number of rotatable bonds is 6. The Balaban J connectivity index is 2.04. The molecule has 1 aliphatic rings. The van der Waals surface area contributed by atoms with Gasteiger partial charge in [0.05, 0.1) is 28.4 Å². The van der Waals surface area contributed by atoms with Gasteiger partial charge in [0.2, 0.25) is 5.75 Å². The van der Waals surface area contributed by atoms with Crippen molar-refractivity contribution in [2.45, 2.75) is 19.3 Å². The maximum atomic E-state index is 13.2. The first-order valence-electron chi connectivity index (χ1n) is 8.98. The van der Waals surface area contributed by atoms with Crippen LogP contribution < -0.4 is 18.9 Å². The molecule has 0 aromatic heterocycles. The molecule has 2 aromatic rings. The summed E-state index contributed by atoms with van der Waals surface area (Å²) < 4.78 is 21.2. The van der Waals surface area contributed by atoms with Gasteiger partial charge >= 0.3 is 0 Å². The first-order chi connectivity index (χ1) is 13.5. The molecule has 148 valence electrons. The van der Waals surface area contributed by atoms with Gasteiger partial charge in [-0.25, -0.2) is 0 Å². The van der Waals surface area contributed by atoms with Crippen LogP contribution in [0.4, 0.5) is 0 Å². The van der Waals surface area contributed by atoms with Crippen LogP contribution in [0, 0.1) is 0 Å². The summed E-state index contributed by atoms with van der Waals surface area (Å²) in [6, 6.07) is 6.88. The van der Waals surface area contributed by atoms with Crippen molar-refractivity contribution in [1.29, 1.82) is 0 Å². The lowest BCUT2D eigenvalue weighted by Crippen LogP contribution is -2.05. The summed E-state index contributed by atoms with van der Waals surface area (Å²) in [5.74, 6) is 1.77. The number of hydrogen-bond acceptors (Lipinski definition) is 6. The van der Waals surface area contributed by atoms with Crippen LogP contribution in [0.2, 0.25) is 0 Å². The lowest BCUT2D eigenvalue weighted by Gasteiger charge is -2.14. The molecule has 0 atom stereocenters. The number of methoxy groups -OCH3 is 4. The lowest BCUT2D eigenvalue weighted by molar-refractivity contribution is 0.103. The van der Waals surface area contributed by atoms with Gasteiger partial charge in [0.25, 0.3) is 0 Å². The van der Waals surface area contributed by atoms with E-state index in [1.165, 1.54) is 28.4 Å². The molecule has 0 bridgehead atoms. The zero-order valence-corrected chi connectivity index (χ0v) is 16.5. The van der Waals surface area contributed by atoms with Gasteiger partial charge in [-0.15, -0.1) is 0 Å². The molecule has 0 aliphatic heterocycles. The number of allylic oxidation sites excluding steroid dienone is 1. The maximum absolute atomic E-state index is 13.2. The zero-order valence-electron chi connectivity index (χ0n) is 16.5. The van der Waals surface area contributed by atoms with E-state index in [4.69, 9.17) is 18.9 Å². The molecular formula is C22H24O6. The number of carbonyl (C=O) groups is 1. The Morgan fingerprint density at radius 1 is 0.893 bits per heavy atom. The van der Waals surface area contributed by atoms with Crippen molar-refractivity contribution in [1.82, 2.24) is 0 Å². The minimum Gasteiger partial charge on any atom is -0.504 e. The third kappa shape index (κ3) is 3.50. The molecule has 0 fully saturated rings. The minimum atomic E-state index is -0.109. The Hall–Kier alpha value is -3.15. The zero-order chi connectivity index (χ0) is 20.3. The Bertz CT molecular complexity index is 904. The summed E-state index contributed by atoms with van der Waals surface area (Å²) in [6.45, 7) is 0. The molecule has 0 amide bonds. The van der Waals surface area contributed by atoms with Crippen molar-refractivity contribution in [2.24, 2.45) is 0 Å². The molecule has 0 radical (unpaired) electrons. The minimum absolute atomic E-state index is 0.109. The highest BCUT2D eigenvalue weighted by Crippen LogP contribution is 2.40. The van der Waals surface area contributed by atoms with Crippen molar-refractivity contribution >= 4 is 11.9 Å². The average molecular weight is 384 g/mol. The molecule has 0 spiro atoms. The van der Waals surface area contributed by atoms with E-state index in [0.29, 0.717) is 47.0 Å². The summed E-state index contributed by atoms with van der Waals surface area (Å²) in [5, 5.41) is 10.4. The van der Waals surface area contributed by atoms with E-state index in [0.717, 1.165) is 17.5 Å². The highest BCUT2D eigenvalue weighted by molar-refractivity contribution is 6.12. The molecule has 28 heavy (non-hydrogen) atoms. The van der Waals surface area contributed by atoms with Crippen molar-refractivity contribution in [2.75, 3.05) is 28.4 Å². The number of phenols is 1. The molecule has 2 aromatic carbocycles. The highest BCUT2D eigenvalue weighted by atomic mass is 16.5. The summed E-state index contributed by atoms with van der Waals surface area (Å²) in [7, 11) is 6.08. The van der Waals surface area contributed by atoms with Crippen LogP contribution in [0.15, 0.2) is 29.8 Å². The summed E-state index contributed by atoms with van der Waals surface area (Å²) in [4.78, 5) is 13.2. The fourth-order valence-corrected chi connectivity index (χ4v) is 3.49. The lowest BCUT2D eigenvalue weighted by atomic mass is 9.98. The first-order valence-corrected chi connectivity index (χ1v) is 8.98. The summed E-state index contributed by atoms with van der Waals surface area (Å²) in [5.41, 5.74) is 2.75. The molecule has 0 heterocycles. The van der Waals surface area contributed by atoms with Crippen molar-refractivity contribution in [3.8, 4) is 28.7 Å². The van der Waals surface area contributed by atoms with Gasteiger partial charge in [0.15, 0.2) is 28.8 Å². The molecule has 1 aliphatic carbocycles. The van der Waals surface area contributed by atoms with Crippen molar-refractivity contribution in [3.63, 3.8) is 0 Å². The number of fused-ring (bicyclic) bond motifs is 1. The second-order valence-electron chi connectivity index (χ2n) is 6.45. The fourth-order valence-electron chi connectivity index (χ4n) is 3.49. The summed E-state index contributed by atoms with van der Waals surface area (Å²) >= 11 is 0. The quantitative estimate of drug-likeness (QED) is 0.758. The molecule has 6 heteroatoms. The van der Waals surface area contributed by atoms with Crippen molar-refractivity contribution < 1.29 is 28.8 Å². The number of hydrogen-bond donors (Lipinski definition) is 1. The third-order valence-electron chi connectivity index (χ3n) is 4.92. The third-order valence-corrected chi connectivity index (χ3v) is 4.92.